The zero-order chi connectivity index (χ0) is 20.5. The molecule has 3 amide bonds. The number of imide groups is 1. The number of rotatable bonds is 5. The number of amides is 3. The summed E-state index contributed by atoms with van der Waals surface area (Å²) in [5.41, 5.74) is 1.45. The summed E-state index contributed by atoms with van der Waals surface area (Å²) in [5, 5.41) is 3.24. The topological polar surface area (TPSA) is 79.0 Å². The lowest BCUT2D eigenvalue weighted by Crippen LogP contribution is -2.38. The van der Waals surface area contributed by atoms with E-state index >= 15 is 0 Å². The van der Waals surface area contributed by atoms with Crippen molar-refractivity contribution in [1.82, 2.24) is 10.2 Å². The Morgan fingerprint density at radius 1 is 1.14 bits per heavy atom. The van der Waals surface area contributed by atoms with E-state index in [-0.39, 0.29) is 23.4 Å². The molecule has 2 heterocycles. The lowest BCUT2D eigenvalue weighted by atomic mass is 10.0. The highest BCUT2D eigenvalue weighted by Crippen LogP contribution is 2.30. The van der Waals surface area contributed by atoms with Gasteiger partial charge in [0.1, 0.15) is 5.75 Å². The van der Waals surface area contributed by atoms with Crippen LogP contribution in [0.4, 0.5) is 5.69 Å². The average molecular weight is 393 g/mol. The predicted molar refractivity (Wildman–Crippen MR) is 109 cm³/mol. The maximum absolute atomic E-state index is 13.0. The Hall–Kier alpha value is -3.19. The van der Waals surface area contributed by atoms with Gasteiger partial charge in [-0.25, -0.2) is 4.90 Å². The van der Waals surface area contributed by atoms with Gasteiger partial charge in [0, 0.05) is 25.2 Å². The molecule has 0 radical (unpaired) electrons. The molecule has 7 nitrogen and oxygen atoms in total. The molecule has 150 valence electrons. The molecule has 2 aromatic carbocycles. The predicted octanol–water partition coefficient (Wildman–Crippen LogP) is 2.32. The minimum absolute atomic E-state index is 0.133. The molecule has 1 N–H and O–H groups in total. The van der Waals surface area contributed by atoms with Crippen LogP contribution in [0.15, 0.2) is 42.5 Å². The average Bonchev–Trinajstić information content (AvgIpc) is 3.36. The van der Waals surface area contributed by atoms with Crippen molar-refractivity contribution in [3.8, 4) is 5.75 Å². The Balaban J connectivity index is 1.59. The fourth-order valence-corrected chi connectivity index (χ4v) is 3.81. The van der Waals surface area contributed by atoms with Crippen molar-refractivity contribution in [3.63, 3.8) is 0 Å². The first-order chi connectivity index (χ1) is 14.0. The third-order valence-electron chi connectivity index (χ3n) is 5.44. The van der Waals surface area contributed by atoms with E-state index in [1.165, 1.54) is 6.07 Å². The van der Waals surface area contributed by atoms with Gasteiger partial charge >= 0.3 is 0 Å². The number of nitrogens with zero attached hydrogens (tertiary/aromatic N) is 2. The van der Waals surface area contributed by atoms with E-state index in [4.69, 9.17) is 4.74 Å². The third-order valence-corrected chi connectivity index (χ3v) is 5.44. The van der Waals surface area contributed by atoms with Crippen LogP contribution >= 0.6 is 0 Å². The van der Waals surface area contributed by atoms with Crippen LogP contribution in [-0.4, -0.2) is 55.4 Å². The molecule has 7 heteroatoms. The molecular formula is C22H23N3O4. The first kappa shape index (κ1) is 19.1. The molecule has 1 unspecified atom stereocenters. The SMILES string of the molecule is CCOc1ccc(N2C(=O)c3ccc(C(=O)N(C)C4CCNC4)cc3C2=O)cc1. The molecule has 1 saturated heterocycles. The highest BCUT2D eigenvalue weighted by atomic mass is 16.5. The first-order valence-corrected chi connectivity index (χ1v) is 9.75. The largest absolute Gasteiger partial charge is 0.494 e. The van der Waals surface area contributed by atoms with Crippen LogP contribution in [0.2, 0.25) is 0 Å². The van der Waals surface area contributed by atoms with Crippen LogP contribution in [0.25, 0.3) is 0 Å². The summed E-state index contributed by atoms with van der Waals surface area (Å²) in [6.45, 7) is 4.07. The molecular weight excluding hydrogens is 370 g/mol. The Bertz CT molecular complexity index is 965. The van der Waals surface area contributed by atoms with E-state index in [1.54, 1.807) is 48.3 Å². The lowest BCUT2D eigenvalue weighted by molar-refractivity contribution is 0.0743. The molecule has 0 bridgehead atoms. The molecule has 4 rings (SSSR count). The summed E-state index contributed by atoms with van der Waals surface area (Å²) in [6, 6.07) is 11.7. The van der Waals surface area contributed by atoms with Gasteiger partial charge in [0.15, 0.2) is 0 Å². The Labute approximate surface area is 169 Å². The first-order valence-electron chi connectivity index (χ1n) is 9.75. The van der Waals surface area contributed by atoms with E-state index in [0.29, 0.717) is 29.2 Å². The molecule has 1 atom stereocenters. The number of hydrogen-bond acceptors (Lipinski definition) is 5. The zero-order valence-corrected chi connectivity index (χ0v) is 16.5. The van der Waals surface area contributed by atoms with Gasteiger partial charge in [0.25, 0.3) is 17.7 Å². The number of fused-ring (bicyclic) bond motifs is 1. The molecule has 0 aliphatic carbocycles. The van der Waals surface area contributed by atoms with Crippen LogP contribution in [0.5, 0.6) is 5.75 Å². The number of likely N-dealkylation sites (N-methyl/N-ethyl adjacent to an activating group) is 1. The van der Waals surface area contributed by atoms with Crippen LogP contribution in [0, 0.1) is 0 Å². The molecule has 29 heavy (non-hydrogen) atoms. The molecule has 1 fully saturated rings. The minimum Gasteiger partial charge on any atom is -0.494 e. The van der Waals surface area contributed by atoms with E-state index in [2.05, 4.69) is 5.32 Å². The molecule has 0 saturated carbocycles. The number of carbonyl (C=O) groups excluding carboxylic acids is 3. The van der Waals surface area contributed by atoms with Crippen molar-refractivity contribution in [1.29, 1.82) is 0 Å². The van der Waals surface area contributed by atoms with Crippen LogP contribution in [0.1, 0.15) is 44.4 Å². The summed E-state index contributed by atoms with van der Waals surface area (Å²) in [5.74, 6) is -0.290. The van der Waals surface area contributed by atoms with E-state index in [0.717, 1.165) is 24.4 Å². The van der Waals surface area contributed by atoms with Crippen molar-refractivity contribution in [3.05, 3.63) is 59.2 Å². The summed E-state index contributed by atoms with van der Waals surface area (Å²) in [4.78, 5) is 41.5. The molecule has 0 aromatic heterocycles. The number of benzene rings is 2. The van der Waals surface area contributed by atoms with Gasteiger partial charge in [0.2, 0.25) is 0 Å². The fourth-order valence-electron chi connectivity index (χ4n) is 3.81. The Kier molecular flexibility index (Phi) is 5.07. The maximum atomic E-state index is 13.0. The van der Waals surface area contributed by atoms with Crippen molar-refractivity contribution in [2.45, 2.75) is 19.4 Å². The van der Waals surface area contributed by atoms with Gasteiger partial charge in [-0.05, 0) is 62.4 Å². The second kappa shape index (κ2) is 7.67. The summed E-state index contributed by atoms with van der Waals surface area (Å²) in [6.07, 6.45) is 0.899. The van der Waals surface area contributed by atoms with E-state index in [1.807, 2.05) is 6.92 Å². The zero-order valence-electron chi connectivity index (χ0n) is 16.5. The summed E-state index contributed by atoms with van der Waals surface area (Å²) in [7, 11) is 1.77. The van der Waals surface area contributed by atoms with Gasteiger partial charge in [-0.15, -0.1) is 0 Å². The summed E-state index contributed by atoms with van der Waals surface area (Å²) >= 11 is 0. The van der Waals surface area contributed by atoms with Gasteiger partial charge in [-0.2, -0.15) is 0 Å². The number of anilines is 1. The normalized spacial score (nSPS) is 18.1. The Morgan fingerprint density at radius 2 is 1.86 bits per heavy atom. The number of ether oxygens (including phenoxy) is 1. The number of nitrogens with one attached hydrogen (secondary N) is 1. The molecule has 0 spiro atoms. The van der Waals surface area contributed by atoms with Crippen molar-refractivity contribution in [2.24, 2.45) is 0 Å². The van der Waals surface area contributed by atoms with Gasteiger partial charge in [-0.3, -0.25) is 14.4 Å². The second-order valence-corrected chi connectivity index (χ2v) is 7.20. The number of hydrogen-bond donors (Lipinski definition) is 1. The third kappa shape index (κ3) is 3.38. The molecule has 2 aliphatic heterocycles. The van der Waals surface area contributed by atoms with Crippen LogP contribution in [0.3, 0.4) is 0 Å². The smallest absolute Gasteiger partial charge is 0.266 e. The fraction of sp³-hybridized carbons (Fsp3) is 0.318. The van der Waals surface area contributed by atoms with E-state index < -0.39 is 5.91 Å². The monoisotopic (exact) mass is 393 g/mol. The Morgan fingerprint density at radius 3 is 2.52 bits per heavy atom. The second-order valence-electron chi connectivity index (χ2n) is 7.20. The van der Waals surface area contributed by atoms with Crippen molar-refractivity contribution in [2.75, 3.05) is 31.6 Å². The highest BCUT2D eigenvalue weighted by molar-refractivity contribution is 6.34. The standard InChI is InChI=1S/C22H23N3O4/c1-3-29-17-7-5-15(6-8-17)25-21(27)18-9-4-14(12-19(18)22(25)28)20(26)24(2)16-10-11-23-13-16/h4-9,12,16,23H,3,10-11,13H2,1-2H3. The summed E-state index contributed by atoms with van der Waals surface area (Å²) < 4.78 is 5.41. The van der Waals surface area contributed by atoms with Crippen LogP contribution < -0.4 is 15.0 Å². The minimum atomic E-state index is -0.422. The quantitative estimate of drug-likeness (QED) is 0.789. The maximum Gasteiger partial charge on any atom is 0.266 e. The van der Waals surface area contributed by atoms with Gasteiger partial charge in [-0.1, -0.05) is 0 Å². The molecule has 2 aromatic rings. The molecule has 2 aliphatic rings. The number of carbonyl (C=O) groups is 3. The van der Waals surface area contributed by atoms with Gasteiger partial charge < -0.3 is 15.0 Å². The van der Waals surface area contributed by atoms with Crippen molar-refractivity contribution >= 4 is 23.4 Å². The van der Waals surface area contributed by atoms with Gasteiger partial charge in [0.05, 0.1) is 23.4 Å². The van der Waals surface area contributed by atoms with E-state index in [9.17, 15) is 14.4 Å². The van der Waals surface area contributed by atoms with Crippen LogP contribution in [-0.2, 0) is 0 Å². The lowest BCUT2D eigenvalue weighted by Gasteiger charge is -2.23. The highest BCUT2D eigenvalue weighted by Gasteiger charge is 2.37. The van der Waals surface area contributed by atoms with Crippen molar-refractivity contribution < 1.29 is 19.1 Å².